The molecule has 0 atom stereocenters. The number of phenolic OH excluding ortho intramolecular Hbond substituents is 2. The summed E-state index contributed by atoms with van der Waals surface area (Å²) in [5, 5.41) is 22.1. The SMILES string of the molecule is O=C(Nc1c(Cl)cc(Cl)cc1Cl)c1cccc(O)c1O. The predicted octanol–water partition coefficient (Wildman–Crippen LogP) is 4.31. The third-order valence-electron chi connectivity index (χ3n) is 2.50. The van der Waals surface area contributed by atoms with E-state index in [-0.39, 0.29) is 21.3 Å². The summed E-state index contributed by atoms with van der Waals surface area (Å²) in [5.41, 5.74) is 0.0672. The van der Waals surface area contributed by atoms with Crippen molar-refractivity contribution in [2.45, 2.75) is 0 Å². The third-order valence-corrected chi connectivity index (χ3v) is 3.32. The summed E-state index contributed by atoms with van der Waals surface area (Å²) in [7, 11) is 0. The second-order valence-corrected chi connectivity index (χ2v) is 5.12. The minimum absolute atomic E-state index is 0.105. The molecule has 7 heteroatoms. The number of halogens is 3. The van der Waals surface area contributed by atoms with Crippen molar-refractivity contribution in [1.29, 1.82) is 0 Å². The van der Waals surface area contributed by atoms with Crippen molar-refractivity contribution < 1.29 is 15.0 Å². The molecule has 0 saturated heterocycles. The molecular formula is C13H8Cl3NO3. The van der Waals surface area contributed by atoms with Crippen LogP contribution in [-0.2, 0) is 0 Å². The second-order valence-electron chi connectivity index (χ2n) is 3.87. The van der Waals surface area contributed by atoms with Gasteiger partial charge in [-0.05, 0) is 24.3 Å². The molecular weight excluding hydrogens is 325 g/mol. The quantitative estimate of drug-likeness (QED) is 0.718. The maximum absolute atomic E-state index is 12.0. The van der Waals surface area contributed by atoms with Crippen LogP contribution in [0.1, 0.15) is 10.4 Å². The number of amides is 1. The van der Waals surface area contributed by atoms with Gasteiger partial charge in [0.05, 0.1) is 21.3 Å². The number of rotatable bonds is 2. The fourth-order valence-corrected chi connectivity index (χ4v) is 2.47. The summed E-state index contributed by atoms with van der Waals surface area (Å²) < 4.78 is 0. The molecule has 0 saturated carbocycles. The molecule has 20 heavy (non-hydrogen) atoms. The van der Waals surface area contributed by atoms with Gasteiger partial charge >= 0.3 is 0 Å². The van der Waals surface area contributed by atoms with Gasteiger partial charge in [0.25, 0.3) is 5.91 Å². The van der Waals surface area contributed by atoms with Crippen LogP contribution in [0.2, 0.25) is 15.1 Å². The Morgan fingerprint density at radius 2 is 1.65 bits per heavy atom. The van der Waals surface area contributed by atoms with Crippen LogP contribution in [0.15, 0.2) is 30.3 Å². The number of aromatic hydroxyl groups is 2. The van der Waals surface area contributed by atoms with Crippen molar-refractivity contribution in [1.82, 2.24) is 0 Å². The van der Waals surface area contributed by atoms with Crippen molar-refractivity contribution in [3.8, 4) is 11.5 Å². The first kappa shape index (κ1) is 14.8. The van der Waals surface area contributed by atoms with E-state index >= 15 is 0 Å². The smallest absolute Gasteiger partial charge is 0.259 e. The van der Waals surface area contributed by atoms with Gasteiger partial charge in [-0.1, -0.05) is 40.9 Å². The summed E-state index contributed by atoms with van der Waals surface area (Å²) in [6.07, 6.45) is 0. The number of carbonyl (C=O) groups excluding carboxylic acids is 1. The maximum Gasteiger partial charge on any atom is 0.259 e. The molecule has 4 nitrogen and oxygen atoms in total. The monoisotopic (exact) mass is 331 g/mol. The Morgan fingerprint density at radius 1 is 1.05 bits per heavy atom. The zero-order chi connectivity index (χ0) is 14.9. The van der Waals surface area contributed by atoms with Crippen molar-refractivity contribution in [3.05, 3.63) is 51.0 Å². The van der Waals surface area contributed by atoms with Crippen molar-refractivity contribution in [2.75, 3.05) is 5.32 Å². The number of hydrogen-bond donors (Lipinski definition) is 3. The van der Waals surface area contributed by atoms with Crippen LogP contribution in [0, 0.1) is 0 Å². The molecule has 0 unspecified atom stereocenters. The minimum Gasteiger partial charge on any atom is -0.504 e. The van der Waals surface area contributed by atoms with E-state index in [1.807, 2.05) is 0 Å². The lowest BCUT2D eigenvalue weighted by Crippen LogP contribution is -2.12. The van der Waals surface area contributed by atoms with Crippen molar-refractivity contribution in [3.63, 3.8) is 0 Å². The Hall–Kier alpha value is -1.62. The van der Waals surface area contributed by atoms with Gasteiger partial charge < -0.3 is 15.5 Å². The van der Waals surface area contributed by atoms with Crippen LogP contribution >= 0.6 is 34.8 Å². The summed E-state index contributed by atoms with van der Waals surface area (Å²) in [6, 6.07) is 6.88. The Balaban J connectivity index is 2.36. The van der Waals surface area contributed by atoms with Gasteiger partial charge in [0, 0.05) is 5.02 Å². The molecule has 0 aliphatic carbocycles. The average molecular weight is 333 g/mol. The van der Waals surface area contributed by atoms with Gasteiger partial charge in [0.2, 0.25) is 0 Å². The molecule has 0 aliphatic heterocycles. The molecule has 0 heterocycles. The number of anilines is 1. The second kappa shape index (κ2) is 5.79. The van der Waals surface area contributed by atoms with Gasteiger partial charge in [0.1, 0.15) is 0 Å². The van der Waals surface area contributed by atoms with Crippen LogP contribution in [0.3, 0.4) is 0 Å². The number of benzene rings is 2. The van der Waals surface area contributed by atoms with Crippen LogP contribution in [0.5, 0.6) is 11.5 Å². The van der Waals surface area contributed by atoms with E-state index in [0.717, 1.165) is 0 Å². The van der Waals surface area contributed by atoms with E-state index in [4.69, 9.17) is 34.8 Å². The number of phenols is 2. The first-order chi connectivity index (χ1) is 9.40. The van der Waals surface area contributed by atoms with Gasteiger partial charge in [-0.15, -0.1) is 0 Å². The van der Waals surface area contributed by atoms with Crippen LogP contribution in [-0.4, -0.2) is 16.1 Å². The molecule has 0 aromatic heterocycles. The zero-order valence-corrected chi connectivity index (χ0v) is 12.1. The fraction of sp³-hybridized carbons (Fsp3) is 0. The molecule has 2 aromatic carbocycles. The Labute approximate surface area is 129 Å². The molecule has 0 bridgehead atoms. The molecule has 0 fully saturated rings. The van der Waals surface area contributed by atoms with E-state index in [9.17, 15) is 15.0 Å². The van der Waals surface area contributed by atoms with Gasteiger partial charge in [0.15, 0.2) is 11.5 Å². The molecule has 1 amide bonds. The number of hydrogen-bond acceptors (Lipinski definition) is 3. The molecule has 0 aliphatic rings. The number of carbonyl (C=O) groups is 1. The van der Waals surface area contributed by atoms with Gasteiger partial charge in [-0.3, -0.25) is 4.79 Å². The first-order valence-electron chi connectivity index (χ1n) is 5.37. The summed E-state index contributed by atoms with van der Waals surface area (Å²) >= 11 is 17.7. The van der Waals surface area contributed by atoms with Gasteiger partial charge in [-0.2, -0.15) is 0 Å². The number of nitrogens with one attached hydrogen (secondary N) is 1. The highest BCUT2D eigenvalue weighted by atomic mass is 35.5. The van der Waals surface area contributed by atoms with Crippen LogP contribution in [0.4, 0.5) is 5.69 Å². The maximum atomic E-state index is 12.0. The summed E-state index contributed by atoms with van der Waals surface area (Å²) in [5.74, 6) is -1.58. The Morgan fingerprint density at radius 3 is 2.25 bits per heavy atom. The lowest BCUT2D eigenvalue weighted by atomic mass is 10.1. The highest BCUT2D eigenvalue weighted by molar-refractivity contribution is 6.42. The molecule has 2 aromatic rings. The molecule has 104 valence electrons. The molecule has 3 N–H and O–H groups in total. The van der Waals surface area contributed by atoms with Crippen molar-refractivity contribution >= 4 is 46.4 Å². The third kappa shape index (κ3) is 2.93. The molecule has 0 spiro atoms. The van der Waals surface area contributed by atoms with E-state index < -0.39 is 17.4 Å². The lowest BCUT2D eigenvalue weighted by molar-refractivity contribution is 0.102. The van der Waals surface area contributed by atoms with E-state index in [1.54, 1.807) is 0 Å². The predicted molar refractivity (Wildman–Crippen MR) is 79.2 cm³/mol. The normalized spacial score (nSPS) is 10.3. The van der Waals surface area contributed by atoms with Gasteiger partial charge in [-0.25, -0.2) is 0 Å². The highest BCUT2D eigenvalue weighted by Gasteiger charge is 2.17. The van der Waals surface area contributed by atoms with Crippen molar-refractivity contribution in [2.24, 2.45) is 0 Å². The summed E-state index contributed by atoms with van der Waals surface area (Å²) in [4.78, 5) is 12.0. The van der Waals surface area contributed by atoms with Crippen LogP contribution < -0.4 is 5.32 Å². The average Bonchev–Trinajstić information content (AvgIpc) is 2.36. The zero-order valence-electron chi connectivity index (χ0n) is 9.82. The number of para-hydroxylation sites is 1. The Bertz CT molecular complexity index is 666. The van der Waals surface area contributed by atoms with Crippen LogP contribution in [0.25, 0.3) is 0 Å². The topological polar surface area (TPSA) is 69.6 Å². The lowest BCUT2D eigenvalue weighted by Gasteiger charge is -2.11. The largest absolute Gasteiger partial charge is 0.504 e. The molecule has 2 rings (SSSR count). The standard InChI is InChI=1S/C13H8Cl3NO3/c14-6-4-8(15)11(9(16)5-6)17-13(20)7-2-1-3-10(18)12(7)19/h1-5,18-19H,(H,17,20). The minimum atomic E-state index is -0.662. The highest BCUT2D eigenvalue weighted by Crippen LogP contribution is 2.35. The first-order valence-corrected chi connectivity index (χ1v) is 6.50. The fourth-order valence-electron chi connectivity index (χ4n) is 1.56. The van der Waals surface area contributed by atoms with E-state index in [0.29, 0.717) is 5.02 Å². The Kier molecular flexibility index (Phi) is 4.28. The van der Waals surface area contributed by atoms with E-state index in [1.165, 1.54) is 30.3 Å². The molecule has 0 radical (unpaired) electrons. The van der Waals surface area contributed by atoms with E-state index in [2.05, 4.69) is 5.32 Å². The summed E-state index contributed by atoms with van der Waals surface area (Å²) in [6.45, 7) is 0.